The van der Waals surface area contributed by atoms with Gasteiger partial charge in [0.05, 0.1) is 11.7 Å². The van der Waals surface area contributed by atoms with Crippen LogP contribution in [0.1, 0.15) is 44.7 Å². The molecule has 1 aliphatic rings. The van der Waals surface area contributed by atoms with Gasteiger partial charge in [0.2, 0.25) is 0 Å². The van der Waals surface area contributed by atoms with Gasteiger partial charge in [-0.05, 0) is 56.6 Å². The van der Waals surface area contributed by atoms with Gasteiger partial charge in [0.1, 0.15) is 0 Å². The van der Waals surface area contributed by atoms with Crippen molar-refractivity contribution in [2.75, 3.05) is 26.7 Å². The Kier molecular flexibility index (Phi) is 9.24. The Morgan fingerprint density at radius 2 is 2.18 bits per heavy atom. The van der Waals surface area contributed by atoms with Crippen LogP contribution in [0.2, 0.25) is 0 Å². The molecule has 0 amide bonds. The Hall–Kier alpha value is -1.61. The molecule has 3 rings (SSSR count). The van der Waals surface area contributed by atoms with Crippen LogP contribution < -0.4 is 10.6 Å². The fraction of sp³-hybridized carbons (Fsp3) is 0.524. The van der Waals surface area contributed by atoms with Crippen molar-refractivity contribution in [2.24, 2.45) is 4.99 Å². The second kappa shape index (κ2) is 11.4. The van der Waals surface area contributed by atoms with E-state index < -0.39 is 0 Å². The number of likely N-dealkylation sites (N-methyl/N-ethyl adjacent to an activating group) is 1. The zero-order chi connectivity index (χ0) is 19.1. The molecule has 0 aliphatic carbocycles. The molecule has 2 heterocycles. The summed E-state index contributed by atoms with van der Waals surface area (Å²) in [5, 5.41) is 11.4. The van der Waals surface area contributed by atoms with Crippen LogP contribution in [-0.2, 0) is 0 Å². The molecule has 154 valence electrons. The van der Waals surface area contributed by atoms with Crippen LogP contribution in [0.25, 0.3) is 5.69 Å². The summed E-state index contributed by atoms with van der Waals surface area (Å²) in [4.78, 5) is 6.99. The Morgan fingerprint density at radius 1 is 1.32 bits per heavy atom. The van der Waals surface area contributed by atoms with Crippen LogP contribution in [-0.4, -0.2) is 53.4 Å². The number of hydrogen-bond donors (Lipinski definition) is 2. The normalized spacial score (nSPS) is 19.0. The Labute approximate surface area is 185 Å². The third kappa shape index (κ3) is 5.94. The molecule has 1 fully saturated rings. The molecule has 0 saturated carbocycles. The molecule has 1 saturated heterocycles. The van der Waals surface area contributed by atoms with Gasteiger partial charge in [0, 0.05) is 32.0 Å². The van der Waals surface area contributed by atoms with E-state index in [1.54, 1.807) is 6.20 Å². The van der Waals surface area contributed by atoms with Gasteiger partial charge in [0.15, 0.2) is 5.96 Å². The number of nitrogens with one attached hydrogen (secondary N) is 2. The number of benzene rings is 1. The highest BCUT2D eigenvalue weighted by atomic mass is 127. The minimum atomic E-state index is 0. The largest absolute Gasteiger partial charge is 0.355 e. The minimum absolute atomic E-state index is 0. The maximum Gasteiger partial charge on any atom is 0.191 e. The summed E-state index contributed by atoms with van der Waals surface area (Å²) in [7, 11) is 1.83. The van der Waals surface area contributed by atoms with Gasteiger partial charge < -0.3 is 10.6 Å². The van der Waals surface area contributed by atoms with Crippen molar-refractivity contribution < 1.29 is 0 Å². The smallest absolute Gasteiger partial charge is 0.191 e. The van der Waals surface area contributed by atoms with Crippen LogP contribution >= 0.6 is 24.0 Å². The molecular weight excluding hydrogens is 463 g/mol. The first-order valence-corrected chi connectivity index (χ1v) is 10.0. The number of guanidine groups is 1. The number of hydrogen-bond acceptors (Lipinski definition) is 3. The summed E-state index contributed by atoms with van der Waals surface area (Å²) in [6.45, 7) is 7.68. The maximum atomic E-state index is 4.42. The standard InChI is InChI=1S/C21H32N6.HI/c1-4-26-13-6-5-10-20(26)16-23-21(22-3)25-17(2)18-9-7-11-19(15-18)27-14-8-12-24-27;/h7-9,11-12,14-15,17,20H,4-6,10,13,16H2,1-3H3,(H2,22,23,25);1H. The Bertz CT molecular complexity index is 730. The molecule has 1 aromatic heterocycles. The average Bonchev–Trinajstić information content (AvgIpc) is 3.26. The first kappa shape index (κ1) is 22.7. The molecule has 28 heavy (non-hydrogen) atoms. The summed E-state index contributed by atoms with van der Waals surface area (Å²) in [6.07, 6.45) is 7.66. The number of piperidine rings is 1. The SMILES string of the molecule is CCN1CCCCC1CNC(=NC)NC(C)c1cccc(-n2cccn2)c1.I. The lowest BCUT2D eigenvalue weighted by Gasteiger charge is -2.35. The maximum absolute atomic E-state index is 4.42. The van der Waals surface area contributed by atoms with Gasteiger partial charge >= 0.3 is 0 Å². The summed E-state index contributed by atoms with van der Waals surface area (Å²) >= 11 is 0. The number of likely N-dealkylation sites (tertiary alicyclic amines) is 1. The lowest BCUT2D eigenvalue weighted by atomic mass is 10.0. The van der Waals surface area contributed by atoms with E-state index in [0.717, 1.165) is 24.7 Å². The van der Waals surface area contributed by atoms with Gasteiger partial charge in [0.25, 0.3) is 0 Å². The highest BCUT2D eigenvalue weighted by molar-refractivity contribution is 14.0. The summed E-state index contributed by atoms with van der Waals surface area (Å²) in [5.41, 5.74) is 2.27. The average molecular weight is 496 g/mol. The van der Waals surface area contributed by atoms with Crippen molar-refractivity contribution in [3.05, 3.63) is 48.3 Å². The first-order valence-electron chi connectivity index (χ1n) is 10.0. The van der Waals surface area contributed by atoms with Crippen molar-refractivity contribution in [2.45, 2.75) is 45.2 Å². The van der Waals surface area contributed by atoms with Crippen molar-refractivity contribution in [3.63, 3.8) is 0 Å². The first-order chi connectivity index (χ1) is 13.2. The molecule has 1 aliphatic heterocycles. The van der Waals surface area contributed by atoms with E-state index in [1.165, 1.54) is 31.4 Å². The molecule has 2 N–H and O–H groups in total. The molecule has 0 radical (unpaired) electrons. The molecule has 0 spiro atoms. The lowest BCUT2D eigenvalue weighted by molar-refractivity contribution is 0.157. The van der Waals surface area contributed by atoms with E-state index in [2.05, 4.69) is 63.7 Å². The summed E-state index contributed by atoms with van der Waals surface area (Å²) in [6, 6.07) is 11.1. The van der Waals surface area contributed by atoms with E-state index >= 15 is 0 Å². The minimum Gasteiger partial charge on any atom is -0.355 e. The number of nitrogens with zero attached hydrogens (tertiary/aromatic N) is 4. The van der Waals surface area contributed by atoms with Gasteiger partial charge in [-0.3, -0.25) is 9.89 Å². The van der Waals surface area contributed by atoms with Gasteiger partial charge in [-0.25, -0.2) is 4.68 Å². The molecule has 1 aromatic carbocycles. The Balaban J connectivity index is 0.00000280. The third-order valence-electron chi connectivity index (χ3n) is 5.38. The van der Waals surface area contributed by atoms with Gasteiger partial charge in [-0.15, -0.1) is 24.0 Å². The number of rotatable bonds is 6. The fourth-order valence-corrected chi connectivity index (χ4v) is 3.76. The van der Waals surface area contributed by atoms with Crippen molar-refractivity contribution >= 4 is 29.9 Å². The van der Waals surface area contributed by atoms with Crippen LogP contribution in [0.15, 0.2) is 47.7 Å². The summed E-state index contributed by atoms with van der Waals surface area (Å²) in [5.74, 6) is 0.855. The van der Waals surface area contributed by atoms with Crippen LogP contribution in [0.3, 0.4) is 0 Å². The van der Waals surface area contributed by atoms with E-state index in [1.807, 2.05) is 24.0 Å². The van der Waals surface area contributed by atoms with Crippen molar-refractivity contribution in [3.8, 4) is 5.69 Å². The van der Waals surface area contributed by atoms with Crippen molar-refractivity contribution in [1.29, 1.82) is 0 Å². The highest BCUT2D eigenvalue weighted by Crippen LogP contribution is 2.17. The molecule has 0 bridgehead atoms. The molecule has 2 aromatic rings. The molecular formula is C21H33IN6. The van der Waals surface area contributed by atoms with Crippen LogP contribution in [0, 0.1) is 0 Å². The van der Waals surface area contributed by atoms with E-state index in [9.17, 15) is 0 Å². The zero-order valence-electron chi connectivity index (χ0n) is 17.1. The lowest BCUT2D eigenvalue weighted by Crippen LogP contribution is -2.49. The summed E-state index contributed by atoms with van der Waals surface area (Å²) < 4.78 is 1.88. The second-order valence-corrected chi connectivity index (χ2v) is 7.14. The van der Waals surface area contributed by atoms with Gasteiger partial charge in [-0.2, -0.15) is 5.10 Å². The van der Waals surface area contributed by atoms with Crippen molar-refractivity contribution in [1.82, 2.24) is 25.3 Å². The molecule has 2 atom stereocenters. The highest BCUT2D eigenvalue weighted by Gasteiger charge is 2.21. The molecule has 7 heteroatoms. The predicted molar refractivity (Wildman–Crippen MR) is 127 cm³/mol. The fourth-order valence-electron chi connectivity index (χ4n) is 3.76. The number of aliphatic imine (C=N–C) groups is 1. The number of aromatic nitrogens is 2. The van der Waals surface area contributed by atoms with Crippen LogP contribution in [0.4, 0.5) is 0 Å². The quantitative estimate of drug-likeness (QED) is 0.365. The van der Waals surface area contributed by atoms with E-state index in [-0.39, 0.29) is 30.0 Å². The molecule has 6 nitrogen and oxygen atoms in total. The molecule has 2 unspecified atom stereocenters. The predicted octanol–water partition coefficient (Wildman–Crippen LogP) is 3.59. The van der Waals surface area contributed by atoms with Crippen LogP contribution in [0.5, 0.6) is 0 Å². The number of halogens is 1. The second-order valence-electron chi connectivity index (χ2n) is 7.14. The third-order valence-corrected chi connectivity index (χ3v) is 5.38. The monoisotopic (exact) mass is 496 g/mol. The zero-order valence-corrected chi connectivity index (χ0v) is 19.5. The van der Waals surface area contributed by atoms with Gasteiger partial charge in [-0.1, -0.05) is 25.5 Å². The van der Waals surface area contributed by atoms with E-state index in [0.29, 0.717) is 6.04 Å². The Morgan fingerprint density at radius 3 is 2.89 bits per heavy atom. The topological polar surface area (TPSA) is 57.5 Å². The van der Waals surface area contributed by atoms with E-state index in [4.69, 9.17) is 0 Å².